The molecule has 5 aromatic carbocycles. The average Bonchev–Trinajstić information content (AvgIpc) is 3.75. The van der Waals surface area contributed by atoms with E-state index in [0.29, 0.717) is 6.67 Å². The van der Waals surface area contributed by atoms with Crippen LogP contribution in [0.4, 0.5) is 22.7 Å². The van der Waals surface area contributed by atoms with Crippen molar-refractivity contribution >= 4 is 44.6 Å². The van der Waals surface area contributed by atoms with E-state index in [1.807, 2.05) is 24.7 Å². The fraction of sp³-hybridized carbons (Fsp3) is 0.286. The molecule has 8 aromatic rings. The Labute approximate surface area is 367 Å². The lowest BCUT2D eigenvalue weighted by Crippen LogP contribution is -2.30. The molecule has 0 N–H and O–H groups in total. The van der Waals surface area contributed by atoms with Crippen molar-refractivity contribution in [2.24, 2.45) is 0 Å². The van der Waals surface area contributed by atoms with Crippen LogP contribution in [0.15, 0.2) is 128 Å². The van der Waals surface area contributed by atoms with E-state index in [-0.39, 0.29) is 16.2 Å². The maximum Gasteiger partial charge on any atom is 0.137 e. The highest BCUT2D eigenvalue weighted by atomic mass is 16.5. The number of ether oxygens (including phenoxy) is 1. The first-order valence-electron chi connectivity index (χ1n) is 21.9. The van der Waals surface area contributed by atoms with Crippen molar-refractivity contribution in [3.05, 3.63) is 161 Å². The molecule has 0 bridgehead atoms. The van der Waals surface area contributed by atoms with Crippen molar-refractivity contribution in [3.63, 3.8) is 0 Å². The Balaban J connectivity index is 1.11. The summed E-state index contributed by atoms with van der Waals surface area (Å²) >= 11 is 0. The number of benzene rings is 5. The first-order chi connectivity index (χ1) is 29.4. The van der Waals surface area contributed by atoms with Crippen molar-refractivity contribution in [3.8, 4) is 28.4 Å². The number of pyridine rings is 2. The molecule has 0 radical (unpaired) electrons. The largest absolute Gasteiger partial charge is 0.457 e. The predicted octanol–water partition coefficient (Wildman–Crippen LogP) is 15.1. The van der Waals surface area contributed by atoms with E-state index in [2.05, 4.69) is 206 Å². The molecule has 0 spiro atoms. The molecule has 0 amide bonds. The van der Waals surface area contributed by atoms with Gasteiger partial charge in [-0.2, -0.15) is 0 Å². The summed E-state index contributed by atoms with van der Waals surface area (Å²) in [5.41, 5.74) is 16.8. The Bertz CT molecular complexity index is 2970. The van der Waals surface area contributed by atoms with Gasteiger partial charge in [0.05, 0.1) is 34.3 Å². The third kappa shape index (κ3) is 7.29. The first-order valence-corrected chi connectivity index (χ1v) is 21.9. The minimum Gasteiger partial charge on any atom is -0.457 e. The standard InChI is InChI=1S/C56H59N5O/c1-35-26-36(2)52(37(3)27-35)38-28-45(55(7,8)9)53(46(29-38)56(10,11)12)60-34-59(50-33-57-24-23-48(50)60)40-16-15-17-41(31-40)62-42-20-21-44-43-18-13-14-19-47(43)61(49(44)32-42)51-30-39(22-25-58-51)54(4,5)6/h13-33H,34H2,1-12H3. The van der Waals surface area contributed by atoms with Crippen LogP contribution in [0.25, 0.3) is 38.8 Å². The molecule has 0 aliphatic carbocycles. The number of hydrogen-bond acceptors (Lipinski definition) is 5. The van der Waals surface area contributed by atoms with Crippen LogP contribution < -0.4 is 14.5 Å². The van der Waals surface area contributed by atoms with Gasteiger partial charge < -0.3 is 14.5 Å². The minimum atomic E-state index is -0.134. The highest BCUT2D eigenvalue weighted by molar-refractivity contribution is 6.09. The molecule has 0 saturated heterocycles. The molecule has 0 atom stereocenters. The number of hydrogen-bond donors (Lipinski definition) is 0. The third-order valence-corrected chi connectivity index (χ3v) is 12.5. The van der Waals surface area contributed by atoms with Crippen LogP contribution in [-0.4, -0.2) is 21.2 Å². The van der Waals surface area contributed by atoms with Crippen molar-refractivity contribution in [1.82, 2.24) is 14.5 Å². The number of anilines is 4. The number of para-hydroxylation sites is 1. The van der Waals surface area contributed by atoms with Gasteiger partial charge in [-0.1, -0.05) is 104 Å². The Kier molecular flexibility index (Phi) is 9.85. The van der Waals surface area contributed by atoms with Crippen LogP contribution in [0.2, 0.25) is 0 Å². The van der Waals surface area contributed by atoms with Gasteiger partial charge in [-0.25, -0.2) is 4.98 Å². The highest BCUT2D eigenvalue weighted by Crippen LogP contribution is 2.51. The Morgan fingerprint density at radius 1 is 0.565 bits per heavy atom. The molecule has 1 aliphatic rings. The van der Waals surface area contributed by atoms with Crippen molar-refractivity contribution in [1.29, 1.82) is 0 Å². The molecular formula is C56H59N5O. The third-order valence-electron chi connectivity index (χ3n) is 12.5. The normalized spacial score (nSPS) is 13.4. The summed E-state index contributed by atoms with van der Waals surface area (Å²) in [6.07, 6.45) is 5.84. The van der Waals surface area contributed by atoms with E-state index in [1.165, 1.54) is 55.6 Å². The highest BCUT2D eigenvalue weighted by Gasteiger charge is 2.36. The molecule has 6 nitrogen and oxygen atoms in total. The number of rotatable bonds is 6. The molecular weight excluding hydrogens is 759 g/mol. The number of aryl methyl sites for hydroxylation is 3. The van der Waals surface area contributed by atoms with E-state index in [4.69, 9.17) is 9.72 Å². The second-order valence-corrected chi connectivity index (χ2v) is 20.3. The Morgan fingerprint density at radius 3 is 1.94 bits per heavy atom. The molecule has 9 rings (SSSR count). The molecule has 0 saturated carbocycles. The van der Waals surface area contributed by atoms with Crippen LogP contribution in [0, 0.1) is 20.8 Å². The van der Waals surface area contributed by atoms with Gasteiger partial charge in [0, 0.05) is 41.0 Å². The van der Waals surface area contributed by atoms with E-state index in [1.54, 1.807) is 0 Å². The van der Waals surface area contributed by atoms with Gasteiger partial charge in [0.15, 0.2) is 0 Å². The summed E-state index contributed by atoms with van der Waals surface area (Å²) in [7, 11) is 0. The SMILES string of the molecule is Cc1cc(C)c(-c2cc(C(C)(C)C)c(N3CN(c4cccc(Oc5ccc6c7ccccc7n(-c7cc(C(C)(C)C)ccn7)c6c5)c4)c4cnccc43)c(C(C)(C)C)c2)c(C)c1. The molecule has 6 heteroatoms. The van der Waals surface area contributed by atoms with Gasteiger partial charge >= 0.3 is 0 Å². The van der Waals surface area contributed by atoms with Gasteiger partial charge in [-0.05, 0) is 137 Å². The molecule has 0 fully saturated rings. The fourth-order valence-electron chi connectivity index (χ4n) is 9.49. The predicted molar refractivity (Wildman–Crippen MR) is 261 cm³/mol. The summed E-state index contributed by atoms with van der Waals surface area (Å²) < 4.78 is 9.03. The zero-order valence-corrected chi connectivity index (χ0v) is 38.5. The van der Waals surface area contributed by atoms with Crippen molar-refractivity contribution < 1.29 is 4.74 Å². The summed E-state index contributed by atoms with van der Waals surface area (Å²) in [5.74, 6) is 2.42. The van der Waals surface area contributed by atoms with Crippen LogP contribution >= 0.6 is 0 Å². The fourth-order valence-corrected chi connectivity index (χ4v) is 9.49. The quantitative estimate of drug-likeness (QED) is 0.167. The van der Waals surface area contributed by atoms with E-state index in [9.17, 15) is 0 Å². The molecule has 3 aromatic heterocycles. The lowest BCUT2D eigenvalue weighted by Gasteiger charge is -2.36. The van der Waals surface area contributed by atoms with Gasteiger partial charge in [0.2, 0.25) is 0 Å². The first kappa shape index (κ1) is 41.0. The van der Waals surface area contributed by atoms with E-state index in [0.717, 1.165) is 50.8 Å². The second-order valence-electron chi connectivity index (χ2n) is 20.3. The Morgan fingerprint density at radius 2 is 1.24 bits per heavy atom. The number of nitrogens with zero attached hydrogens (tertiary/aromatic N) is 5. The van der Waals surface area contributed by atoms with Crippen LogP contribution in [0.3, 0.4) is 0 Å². The van der Waals surface area contributed by atoms with Gasteiger partial charge in [-0.3, -0.25) is 9.55 Å². The lowest BCUT2D eigenvalue weighted by atomic mass is 9.76. The molecule has 314 valence electrons. The number of aromatic nitrogens is 3. The van der Waals surface area contributed by atoms with Crippen LogP contribution in [0.5, 0.6) is 11.5 Å². The van der Waals surface area contributed by atoms with Crippen LogP contribution in [0.1, 0.15) is 95.7 Å². The van der Waals surface area contributed by atoms with Crippen molar-refractivity contribution in [2.45, 2.75) is 99.3 Å². The van der Waals surface area contributed by atoms with E-state index < -0.39 is 0 Å². The van der Waals surface area contributed by atoms with E-state index >= 15 is 0 Å². The number of fused-ring (bicyclic) bond motifs is 4. The zero-order chi connectivity index (χ0) is 43.9. The maximum atomic E-state index is 6.77. The summed E-state index contributed by atoms with van der Waals surface area (Å²) in [5, 5.41) is 2.34. The van der Waals surface area contributed by atoms with Crippen LogP contribution in [-0.2, 0) is 16.2 Å². The molecule has 4 heterocycles. The summed E-state index contributed by atoms with van der Waals surface area (Å²) in [6.45, 7) is 28.1. The summed E-state index contributed by atoms with van der Waals surface area (Å²) in [6, 6.07) is 39.4. The average molecular weight is 818 g/mol. The zero-order valence-electron chi connectivity index (χ0n) is 38.5. The lowest BCUT2D eigenvalue weighted by molar-refractivity contribution is 0.483. The molecule has 0 unspecified atom stereocenters. The van der Waals surface area contributed by atoms with Gasteiger partial charge in [-0.15, -0.1) is 0 Å². The van der Waals surface area contributed by atoms with Crippen molar-refractivity contribution in [2.75, 3.05) is 16.5 Å². The monoisotopic (exact) mass is 817 g/mol. The maximum absolute atomic E-state index is 6.77. The second kappa shape index (κ2) is 14.9. The van der Waals surface area contributed by atoms with Gasteiger partial charge in [0.25, 0.3) is 0 Å². The molecule has 1 aliphatic heterocycles. The Hall–Kier alpha value is -6.40. The topological polar surface area (TPSA) is 46.4 Å². The van der Waals surface area contributed by atoms with Gasteiger partial charge in [0.1, 0.15) is 24.0 Å². The smallest absolute Gasteiger partial charge is 0.137 e. The summed E-state index contributed by atoms with van der Waals surface area (Å²) in [4.78, 5) is 14.4. The minimum absolute atomic E-state index is 0.00678. The molecule has 62 heavy (non-hydrogen) atoms.